The molecule has 2 aromatic rings. The Morgan fingerprint density at radius 3 is 2.48 bits per heavy atom. The Bertz CT molecular complexity index is 716. The zero-order valence-electron chi connectivity index (χ0n) is 13.6. The van der Waals surface area contributed by atoms with E-state index in [0.717, 1.165) is 12.1 Å². The van der Waals surface area contributed by atoms with E-state index in [9.17, 15) is 18.0 Å². The number of ether oxygens (including phenoxy) is 1. The van der Waals surface area contributed by atoms with Crippen LogP contribution in [-0.4, -0.2) is 24.7 Å². The molecular weight excluding hydrogens is 323 g/mol. The Labute approximate surface area is 134 Å². The average Bonchev–Trinajstić information content (AvgIpc) is 2.84. The number of aldehydes is 1. The molecule has 0 saturated heterocycles. The van der Waals surface area contributed by atoms with Gasteiger partial charge in [0.1, 0.15) is 6.73 Å². The van der Waals surface area contributed by atoms with E-state index in [1.807, 2.05) is 6.92 Å². The number of aromatic nitrogens is 1. The van der Waals surface area contributed by atoms with Gasteiger partial charge in [-0.05, 0) is 25.1 Å². The van der Waals surface area contributed by atoms with Crippen molar-refractivity contribution in [1.82, 2.24) is 4.57 Å². The Kier molecular flexibility index (Phi) is 4.73. The maximum Gasteiger partial charge on any atom is 0.416 e. The smallest absolute Gasteiger partial charge is 0.361 e. The molecule has 0 spiro atoms. The summed E-state index contributed by atoms with van der Waals surface area (Å²) in [4.78, 5) is 11.2. The summed E-state index contributed by atoms with van der Waals surface area (Å²) in [7, 11) is -1.47. The average molecular weight is 343 g/mol. The van der Waals surface area contributed by atoms with E-state index in [1.54, 1.807) is 16.8 Å². The molecule has 0 aliphatic carbocycles. The fourth-order valence-corrected chi connectivity index (χ4v) is 2.76. The van der Waals surface area contributed by atoms with E-state index in [0.29, 0.717) is 17.2 Å². The Morgan fingerprint density at radius 2 is 1.96 bits per heavy atom. The van der Waals surface area contributed by atoms with Gasteiger partial charge in [-0.1, -0.05) is 19.6 Å². The van der Waals surface area contributed by atoms with E-state index < -0.39 is 19.8 Å². The number of carbonyl (C=O) groups is 1. The van der Waals surface area contributed by atoms with Crippen molar-refractivity contribution in [3.05, 3.63) is 35.5 Å². The second kappa shape index (κ2) is 6.12. The third-order valence-electron chi connectivity index (χ3n) is 4.03. The van der Waals surface area contributed by atoms with Crippen molar-refractivity contribution in [2.45, 2.75) is 45.2 Å². The summed E-state index contributed by atoms with van der Waals surface area (Å²) in [5, 5.41) is 0.381. The summed E-state index contributed by atoms with van der Waals surface area (Å²) >= 11 is 0. The van der Waals surface area contributed by atoms with Gasteiger partial charge in [-0.25, -0.2) is 0 Å². The summed E-state index contributed by atoms with van der Waals surface area (Å²) < 4.78 is 46.2. The summed E-state index contributed by atoms with van der Waals surface area (Å²) in [6.45, 7) is 8.75. The molecule has 0 aliphatic rings. The van der Waals surface area contributed by atoms with Crippen molar-refractivity contribution < 1.29 is 22.7 Å². The first-order chi connectivity index (χ1) is 10.5. The van der Waals surface area contributed by atoms with Crippen LogP contribution in [0.4, 0.5) is 13.2 Å². The molecule has 0 saturated carbocycles. The lowest BCUT2D eigenvalue weighted by Crippen LogP contribution is -2.38. The molecule has 0 amide bonds. The standard InChI is InChI=1S/C16H20F3NO2Si/c1-11(23(2,3)4)22-10-20-6-5-12-7-14(16(17,18)19)8-13(9-21)15(12)20/h5-9,11H,10H2,1-4H3. The molecule has 0 aliphatic heterocycles. The first kappa shape index (κ1) is 17.7. The highest BCUT2D eigenvalue weighted by Crippen LogP contribution is 2.33. The Balaban J connectivity index is 2.38. The van der Waals surface area contributed by atoms with Crippen molar-refractivity contribution in [3.8, 4) is 0 Å². The molecule has 126 valence electrons. The third kappa shape index (κ3) is 3.84. The van der Waals surface area contributed by atoms with Gasteiger partial charge in [0.25, 0.3) is 0 Å². The van der Waals surface area contributed by atoms with E-state index in [2.05, 4.69) is 19.6 Å². The number of hydrogen-bond donors (Lipinski definition) is 0. The number of carbonyl (C=O) groups excluding carboxylic acids is 1. The van der Waals surface area contributed by atoms with Crippen LogP contribution >= 0.6 is 0 Å². The van der Waals surface area contributed by atoms with E-state index in [1.165, 1.54) is 0 Å². The highest BCUT2D eigenvalue weighted by Gasteiger charge is 2.31. The molecule has 7 heteroatoms. The van der Waals surface area contributed by atoms with Gasteiger partial charge < -0.3 is 9.30 Å². The van der Waals surface area contributed by atoms with Crippen LogP contribution in [0.2, 0.25) is 19.6 Å². The second-order valence-electron chi connectivity index (χ2n) is 6.71. The Hall–Kier alpha value is -1.60. The van der Waals surface area contributed by atoms with Crippen molar-refractivity contribution in [2.75, 3.05) is 0 Å². The molecule has 1 heterocycles. The van der Waals surface area contributed by atoms with Gasteiger partial charge >= 0.3 is 6.18 Å². The van der Waals surface area contributed by atoms with Gasteiger partial charge in [-0.15, -0.1) is 0 Å². The van der Waals surface area contributed by atoms with E-state index in [4.69, 9.17) is 4.74 Å². The monoisotopic (exact) mass is 343 g/mol. The molecule has 0 radical (unpaired) electrons. The maximum absolute atomic E-state index is 12.9. The molecule has 1 aromatic carbocycles. The molecule has 3 nitrogen and oxygen atoms in total. The lowest BCUT2D eigenvalue weighted by atomic mass is 10.1. The summed E-state index contributed by atoms with van der Waals surface area (Å²) in [6, 6.07) is 3.51. The van der Waals surface area contributed by atoms with Crippen LogP contribution in [0.5, 0.6) is 0 Å². The summed E-state index contributed by atoms with van der Waals surface area (Å²) in [5.74, 6) is 0. The summed E-state index contributed by atoms with van der Waals surface area (Å²) in [6.07, 6.45) is -2.37. The van der Waals surface area contributed by atoms with Crippen LogP contribution in [0, 0.1) is 0 Å². The van der Waals surface area contributed by atoms with Crippen LogP contribution in [0.3, 0.4) is 0 Å². The number of alkyl halides is 3. The molecule has 0 bridgehead atoms. The van der Waals surface area contributed by atoms with E-state index >= 15 is 0 Å². The normalized spacial score (nSPS) is 14.2. The Morgan fingerprint density at radius 1 is 1.30 bits per heavy atom. The van der Waals surface area contributed by atoms with Gasteiger partial charge in [0.15, 0.2) is 6.29 Å². The zero-order valence-corrected chi connectivity index (χ0v) is 14.6. The predicted octanol–water partition coefficient (Wildman–Crippen LogP) is 4.71. The molecule has 0 N–H and O–H groups in total. The minimum Gasteiger partial charge on any atom is -0.361 e. The molecule has 1 unspecified atom stereocenters. The van der Waals surface area contributed by atoms with Crippen LogP contribution in [0.25, 0.3) is 10.9 Å². The van der Waals surface area contributed by atoms with Crippen molar-refractivity contribution >= 4 is 25.3 Å². The highest BCUT2D eigenvalue weighted by atomic mass is 28.3. The first-order valence-electron chi connectivity index (χ1n) is 7.31. The maximum atomic E-state index is 12.9. The van der Waals surface area contributed by atoms with Crippen molar-refractivity contribution in [3.63, 3.8) is 0 Å². The third-order valence-corrected chi connectivity index (χ3v) is 6.63. The lowest BCUT2D eigenvalue weighted by molar-refractivity contribution is -0.137. The number of rotatable bonds is 5. The number of hydrogen-bond acceptors (Lipinski definition) is 2. The summed E-state index contributed by atoms with van der Waals surface area (Å²) in [5.41, 5.74) is -0.241. The van der Waals surface area contributed by atoms with Gasteiger partial charge in [0.2, 0.25) is 0 Å². The van der Waals surface area contributed by atoms with Crippen LogP contribution in [0.1, 0.15) is 22.8 Å². The molecular formula is C16H20F3NO2Si. The molecule has 1 atom stereocenters. The molecule has 2 rings (SSSR count). The number of benzene rings is 1. The molecule has 0 fully saturated rings. The number of fused-ring (bicyclic) bond motifs is 1. The van der Waals surface area contributed by atoms with Gasteiger partial charge in [0.05, 0.1) is 19.2 Å². The van der Waals surface area contributed by atoms with Gasteiger partial charge in [0, 0.05) is 22.9 Å². The van der Waals surface area contributed by atoms with Crippen LogP contribution in [0.15, 0.2) is 24.4 Å². The fraction of sp³-hybridized carbons (Fsp3) is 0.438. The SMILES string of the molecule is CC(OCn1ccc2cc(C(F)(F)F)cc(C=O)c21)[Si](C)(C)C. The quantitative estimate of drug-likeness (QED) is 0.581. The molecule has 23 heavy (non-hydrogen) atoms. The topological polar surface area (TPSA) is 31.2 Å². The van der Waals surface area contributed by atoms with Crippen LogP contribution in [-0.2, 0) is 17.6 Å². The highest BCUT2D eigenvalue weighted by molar-refractivity contribution is 6.77. The van der Waals surface area contributed by atoms with Gasteiger partial charge in [-0.2, -0.15) is 13.2 Å². The predicted molar refractivity (Wildman–Crippen MR) is 86.2 cm³/mol. The fourth-order valence-electron chi connectivity index (χ4n) is 2.19. The van der Waals surface area contributed by atoms with Gasteiger partial charge in [-0.3, -0.25) is 4.79 Å². The minimum atomic E-state index is -4.48. The van der Waals surface area contributed by atoms with Crippen molar-refractivity contribution in [1.29, 1.82) is 0 Å². The lowest BCUT2D eigenvalue weighted by Gasteiger charge is -2.25. The molecule has 1 aromatic heterocycles. The van der Waals surface area contributed by atoms with Crippen LogP contribution < -0.4 is 0 Å². The number of halogens is 3. The van der Waals surface area contributed by atoms with Crippen molar-refractivity contribution in [2.24, 2.45) is 0 Å². The minimum absolute atomic E-state index is 0.0177. The zero-order chi connectivity index (χ0) is 17.4. The second-order valence-corrected chi connectivity index (χ2v) is 12.3. The van der Waals surface area contributed by atoms with E-state index in [-0.39, 0.29) is 18.0 Å². The number of nitrogens with zero attached hydrogens (tertiary/aromatic N) is 1. The first-order valence-corrected chi connectivity index (χ1v) is 10.9. The largest absolute Gasteiger partial charge is 0.416 e.